The molecule has 1 aromatic rings. The summed E-state index contributed by atoms with van der Waals surface area (Å²) < 4.78 is 0. The summed E-state index contributed by atoms with van der Waals surface area (Å²) in [5.74, 6) is 0. The van der Waals surface area contributed by atoms with Crippen LogP contribution in [0.3, 0.4) is 0 Å². The summed E-state index contributed by atoms with van der Waals surface area (Å²) in [6.07, 6.45) is 0. The van der Waals surface area contributed by atoms with Crippen LogP contribution in [-0.2, 0) is 18.5 Å². The van der Waals surface area contributed by atoms with Crippen LogP contribution in [0.15, 0.2) is 18.2 Å². The minimum Gasteiger partial charge on any atom is -0.305 e. The first-order valence-corrected chi connectivity index (χ1v) is 6.61. The molecular weight excluding hydrogens is 220 g/mol. The van der Waals surface area contributed by atoms with E-state index in [4.69, 9.17) is 0 Å². The van der Waals surface area contributed by atoms with Crippen molar-refractivity contribution in [3.8, 4) is 0 Å². The van der Waals surface area contributed by atoms with Crippen molar-refractivity contribution in [2.45, 2.75) is 39.3 Å². The van der Waals surface area contributed by atoms with Crippen molar-refractivity contribution in [3.05, 3.63) is 34.9 Å². The Morgan fingerprint density at radius 2 is 1.17 bits per heavy atom. The van der Waals surface area contributed by atoms with Crippen molar-refractivity contribution in [2.75, 3.05) is 28.2 Å². The third-order valence-corrected chi connectivity index (χ3v) is 2.92. The molecule has 2 heteroatoms. The van der Waals surface area contributed by atoms with Crippen molar-refractivity contribution >= 4 is 0 Å². The highest BCUT2D eigenvalue weighted by Gasteiger charge is 2.15. The van der Waals surface area contributed by atoms with Crippen LogP contribution in [-0.4, -0.2) is 38.0 Å². The molecule has 0 aliphatic heterocycles. The van der Waals surface area contributed by atoms with Gasteiger partial charge in [0, 0.05) is 13.1 Å². The van der Waals surface area contributed by atoms with Gasteiger partial charge in [0.2, 0.25) is 0 Å². The first-order chi connectivity index (χ1) is 8.18. The second kappa shape index (κ2) is 5.85. The maximum atomic E-state index is 2.35. The van der Waals surface area contributed by atoms with Crippen LogP contribution in [0.1, 0.15) is 37.5 Å². The molecule has 102 valence electrons. The first kappa shape index (κ1) is 15.2. The van der Waals surface area contributed by atoms with E-state index < -0.39 is 0 Å². The van der Waals surface area contributed by atoms with Gasteiger partial charge in [0.05, 0.1) is 0 Å². The van der Waals surface area contributed by atoms with Crippen molar-refractivity contribution in [2.24, 2.45) is 0 Å². The highest BCUT2D eigenvalue weighted by Crippen LogP contribution is 2.25. The molecule has 0 heterocycles. The van der Waals surface area contributed by atoms with E-state index in [-0.39, 0.29) is 5.41 Å². The lowest BCUT2D eigenvalue weighted by molar-refractivity contribution is 0.394. The Labute approximate surface area is 113 Å². The lowest BCUT2D eigenvalue weighted by atomic mass is 9.85. The molecule has 0 aliphatic rings. The zero-order valence-electron chi connectivity index (χ0n) is 13.0. The third-order valence-electron chi connectivity index (χ3n) is 2.92. The maximum Gasteiger partial charge on any atom is 0.0227 e. The zero-order chi connectivity index (χ0) is 13.9. The van der Waals surface area contributed by atoms with Crippen LogP contribution in [0.25, 0.3) is 0 Å². The van der Waals surface area contributed by atoms with Crippen LogP contribution < -0.4 is 0 Å². The van der Waals surface area contributed by atoms with Gasteiger partial charge in [0.25, 0.3) is 0 Å². The minimum absolute atomic E-state index is 0.212. The Kier molecular flexibility index (Phi) is 4.94. The molecule has 0 saturated heterocycles. The van der Waals surface area contributed by atoms with Crippen LogP contribution in [0.2, 0.25) is 0 Å². The van der Waals surface area contributed by atoms with Gasteiger partial charge >= 0.3 is 0 Å². The average Bonchev–Trinajstić information content (AvgIpc) is 2.13. The van der Waals surface area contributed by atoms with Crippen molar-refractivity contribution in [1.29, 1.82) is 0 Å². The topological polar surface area (TPSA) is 6.48 Å². The summed E-state index contributed by atoms with van der Waals surface area (Å²) in [7, 11) is 8.48. The maximum absolute atomic E-state index is 2.35. The van der Waals surface area contributed by atoms with E-state index in [2.05, 4.69) is 77.0 Å². The molecule has 0 atom stereocenters. The number of benzene rings is 1. The molecule has 0 spiro atoms. The molecular formula is C16H28N2. The molecule has 0 bridgehead atoms. The molecule has 0 N–H and O–H groups in total. The standard InChI is InChI=1S/C16H28N2/c1-16(2,3)15-9-13(11-17(4)5)8-14(10-15)12-18(6)7/h8-10H,11-12H2,1-7H3. The molecule has 1 aromatic carbocycles. The second-order valence-corrected chi connectivity index (χ2v) is 6.76. The quantitative estimate of drug-likeness (QED) is 0.808. The van der Waals surface area contributed by atoms with Crippen LogP contribution in [0.5, 0.6) is 0 Å². The van der Waals surface area contributed by atoms with E-state index in [1.807, 2.05) is 0 Å². The van der Waals surface area contributed by atoms with Crippen molar-refractivity contribution in [1.82, 2.24) is 9.80 Å². The van der Waals surface area contributed by atoms with E-state index in [9.17, 15) is 0 Å². The highest BCUT2D eigenvalue weighted by atomic mass is 15.1. The Morgan fingerprint density at radius 3 is 1.44 bits per heavy atom. The Morgan fingerprint density at radius 1 is 0.778 bits per heavy atom. The summed E-state index contributed by atoms with van der Waals surface area (Å²) in [5.41, 5.74) is 4.45. The number of hydrogen-bond donors (Lipinski definition) is 0. The molecule has 18 heavy (non-hydrogen) atoms. The molecule has 0 fully saturated rings. The summed E-state index contributed by atoms with van der Waals surface area (Å²) in [6, 6.07) is 7.02. The largest absolute Gasteiger partial charge is 0.305 e. The summed E-state index contributed by atoms with van der Waals surface area (Å²) >= 11 is 0. The fraction of sp³-hybridized carbons (Fsp3) is 0.625. The van der Waals surface area contributed by atoms with Crippen LogP contribution >= 0.6 is 0 Å². The molecule has 0 unspecified atom stereocenters. The fourth-order valence-electron chi connectivity index (χ4n) is 2.11. The van der Waals surface area contributed by atoms with Gasteiger partial charge in [-0.15, -0.1) is 0 Å². The molecule has 2 nitrogen and oxygen atoms in total. The van der Waals surface area contributed by atoms with Gasteiger partial charge in [-0.25, -0.2) is 0 Å². The monoisotopic (exact) mass is 248 g/mol. The van der Waals surface area contributed by atoms with Gasteiger partial charge in [-0.1, -0.05) is 39.0 Å². The highest BCUT2D eigenvalue weighted by molar-refractivity contribution is 5.34. The first-order valence-electron chi connectivity index (χ1n) is 6.61. The average molecular weight is 248 g/mol. The SMILES string of the molecule is CN(C)Cc1cc(CN(C)C)cc(C(C)(C)C)c1. The van der Waals surface area contributed by atoms with Gasteiger partial charge < -0.3 is 9.80 Å². The van der Waals surface area contributed by atoms with E-state index in [1.54, 1.807) is 0 Å². The second-order valence-electron chi connectivity index (χ2n) is 6.76. The Bertz CT molecular complexity index is 358. The predicted octanol–water partition coefficient (Wildman–Crippen LogP) is 3.11. The third kappa shape index (κ3) is 4.79. The normalized spacial score (nSPS) is 12.5. The number of rotatable bonds is 4. The molecule has 0 aliphatic carbocycles. The number of nitrogens with zero attached hydrogens (tertiary/aromatic N) is 2. The fourth-order valence-corrected chi connectivity index (χ4v) is 2.11. The van der Waals surface area contributed by atoms with Gasteiger partial charge in [0.15, 0.2) is 0 Å². The number of hydrogen-bond acceptors (Lipinski definition) is 2. The van der Waals surface area contributed by atoms with Crippen LogP contribution in [0, 0.1) is 0 Å². The Hall–Kier alpha value is -0.860. The van der Waals surface area contributed by atoms with E-state index >= 15 is 0 Å². The molecule has 0 aromatic heterocycles. The minimum atomic E-state index is 0.212. The van der Waals surface area contributed by atoms with Crippen molar-refractivity contribution in [3.63, 3.8) is 0 Å². The summed E-state index contributed by atoms with van der Waals surface area (Å²) in [5, 5.41) is 0. The molecule has 1 rings (SSSR count). The van der Waals surface area contributed by atoms with Gasteiger partial charge in [-0.05, 0) is 50.3 Å². The smallest absolute Gasteiger partial charge is 0.0227 e. The Balaban J connectivity index is 3.11. The lowest BCUT2D eigenvalue weighted by Gasteiger charge is -2.23. The molecule has 0 radical (unpaired) electrons. The predicted molar refractivity (Wildman–Crippen MR) is 79.9 cm³/mol. The van der Waals surface area contributed by atoms with E-state index in [0.717, 1.165) is 13.1 Å². The molecule has 0 saturated carbocycles. The van der Waals surface area contributed by atoms with Gasteiger partial charge in [-0.2, -0.15) is 0 Å². The molecule has 0 amide bonds. The lowest BCUT2D eigenvalue weighted by Crippen LogP contribution is -2.17. The van der Waals surface area contributed by atoms with Crippen LogP contribution in [0.4, 0.5) is 0 Å². The van der Waals surface area contributed by atoms with Gasteiger partial charge in [-0.3, -0.25) is 0 Å². The van der Waals surface area contributed by atoms with Gasteiger partial charge in [0.1, 0.15) is 0 Å². The summed E-state index contributed by atoms with van der Waals surface area (Å²) in [4.78, 5) is 4.45. The van der Waals surface area contributed by atoms with E-state index in [0.29, 0.717) is 0 Å². The summed E-state index contributed by atoms with van der Waals surface area (Å²) in [6.45, 7) is 8.85. The van der Waals surface area contributed by atoms with Crippen molar-refractivity contribution < 1.29 is 0 Å². The zero-order valence-corrected chi connectivity index (χ0v) is 13.0. The van der Waals surface area contributed by atoms with E-state index in [1.165, 1.54) is 16.7 Å².